The molecule has 3 heteroatoms. The SMILES string of the molecule is CC1CNCCC1N1CCCC2(CC2)C1.Cl. The van der Waals surface area contributed by atoms with Crippen molar-refractivity contribution in [1.29, 1.82) is 0 Å². The molecule has 0 aromatic rings. The van der Waals surface area contributed by atoms with Crippen molar-refractivity contribution in [2.24, 2.45) is 11.3 Å². The first-order chi connectivity index (χ1) is 7.29. The summed E-state index contributed by atoms with van der Waals surface area (Å²) in [4.78, 5) is 2.82. The second-order valence-electron chi connectivity index (χ2n) is 6.11. The summed E-state index contributed by atoms with van der Waals surface area (Å²) < 4.78 is 0. The molecule has 0 aromatic heterocycles. The van der Waals surface area contributed by atoms with Crippen LogP contribution >= 0.6 is 12.4 Å². The van der Waals surface area contributed by atoms with Gasteiger partial charge in [0.1, 0.15) is 0 Å². The molecule has 2 aliphatic heterocycles. The first kappa shape index (κ1) is 12.7. The van der Waals surface area contributed by atoms with E-state index in [0.717, 1.165) is 17.4 Å². The van der Waals surface area contributed by atoms with Crippen LogP contribution in [0.1, 0.15) is 39.0 Å². The van der Waals surface area contributed by atoms with Crippen molar-refractivity contribution in [3.8, 4) is 0 Å². The van der Waals surface area contributed by atoms with Gasteiger partial charge in [-0.05, 0) is 63.1 Å². The van der Waals surface area contributed by atoms with Gasteiger partial charge >= 0.3 is 0 Å². The van der Waals surface area contributed by atoms with Crippen molar-refractivity contribution in [2.45, 2.75) is 45.1 Å². The number of hydrogen-bond acceptors (Lipinski definition) is 2. The monoisotopic (exact) mass is 244 g/mol. The van der Waals surface area contributed by atoms with Crippen LogP contribution in [0.5, 0.6) is 0 Å². The molecule has 1 N–H and O–H groups in total. The van der Waals surface area contributed by atoms with Gasteiger partial charge in [-0.1, -0.05) is 6.92 Å². The van der Waals surface area contributed by atoms with Gasteiger partial charge < -0.3 is 5.32 Å². The minimum absolute atomic E-state index is 0. The number of nitrogens with zero attached hydrogens (tertiary/aromatic N) is 1. The molecular weight excluding hydrogens is 220 g/mol. The van der Waals surface area contributed by atoms with E-state index in [1.807, 2.05) is 0 Å². The lowest BCUT2D eigenvalue weighted by Gasteiger charge is -2.43. The lowest BCUT2D eigenvalue weighted by molar-refractivity contribution is 0.0657. The topological polar surface area (TPSA) is 15.3 Å². The Balaban J connectivity index is 0.000000963. The molecule has 1 spiro atoms. The standard InChI is InChI=1S/C13H24N2.ClH/c1-11-9-14-7-3-12(11)15-8-2-4-13(10-15)5-6-13;/h11-12,14H,2-10H2,1H3;1H. The number of hydrogen-bond donors (Lipinski definition) is 1. The summed E-state index contributed by atoms with van der Waals surface area (Å²) in [6.07, 6.45) is 7.38. The van der Waals surface area contributed by atoms with Gasteiger partial charge in [-0.15, -0.1) is 12.4 Å². The Kier molecular flexibility index (Phi) is 3.82. The van der Waals surface area contributed by atoms with E-state index >= 15 is 0 Å². The Hall–Kier alpha value is 0.210. The van der Waals surface area contributed by atoms with E-state index in [-0.39, 0.29) is 12.4 Å². The maximum atomic E-state index is 3.51. The van der Waals surface area contributed by atoms with Crippen molar-refractivity contribution in [3.63, 3.8) is 0 Å². The van der Waals surface area contributed by atoms with E-state index in [4.69, 9.17) is 0 Å². The zero-order valence-corrected chi connectivity index (χ0v) is 11.2. The second kappa shape index (κ2) is 4.83. The Morgan fingerprint density at radius 3 is 2.75 bits per heavy atom. The van der Waals surface area contributed by atoms with E-state index in [9.17, 15) is 0 Å². The first-order valence-corrected chi connectivity index (χ1v) is 6.74. The number of piperidine rings is 2. The van der Waals surface area contributed by atoms with Crippen molar-refractivity contribution >= 4 is 12.4 Å². The maximum absolute atomic E-state index is 3.51. The Bertz CT molecular complexity index is 240. The molecule has 16 heavy (non-hydrogen) atoms. The molecule has 1 aliphatic carbocycles. The zero-order valence-electron chi connectivity index (χ0n) is 10.4. The summed E-state index contributed by atoms with van der Waals surface area (Å²) in [5.74, 6) is 0.854. The van der Waals surface area contributed by atoms with E-state index in [1.165, 1.54) is 58.3 Å². The first-order valence-electron chi connectivity index (χ1n) is 6.74. The molecule has 2 nitrogen and oxygen atoms in total. The fourth-order valence-corrected chi connectivity index (χ4v) is 3.66. The quantitative estimate of drug-likeness (QED) is 0.762. The fourth-order valence-electron chi connectivity index (χ4n) is 3.66. The summed E-state index contributed by atoms with van der Waals surface area (Å²) >= 11 is 0. The number of rotatable bonds is 1. The summed E-state index contributed by atoms with van der Waals surface area (Å²) in [5, 5.41) is 3.51. The van der Waals surface area contributed by atoms with Gasteiger partial charge in [0.2, 0.25) is 0 Å². The van der Waals surface area contributed by atoms with Crippen LogP contribution < -0.4 is 5.32 Å². The van der Waals surface area contributed by atoms with Gasteiger partial charge in [-0.3, -0.25) is 4.90 Å². The molecule has 3 fully saturated rings. The van der Waals surface area contributed by atoms with E-state index in [0.29, 0.717) is 0 Å². The van der Waals surface area contributed by atoms with Gasteiger partial charge in [0, 0.05) is 12.6 Å². The molecule has 2 heterocycles. The van der Waals surface area contributed by atoms with Crippen LogP contribution in [-0.4, -0.2) is 37.1 Å². The molecule has 0 aromatic carbocycles. The lowest BCUT2D eigenvalue weighted by Crippen LogP contribution is -2.52. The molecule has 1 saturated carbocycles. The molecule has 2 unspecified atom stereocenters. The maximum Gasteiger partial charge on any atom is 0.0145 e. The van der Waals surface area contributed by atoms with Gasteiger partial charge in [-0.25, -0.2) is 0 Å². The highest BCUT2D eigenvalue weighted by atomic mass is 35.5. The Morgan fingerprint density at radius 1 is 1.25 bits per heavy atom. The van der Waals surface area contributed by atoms with Crippen LogP contribution in [0.4, 0.5) is 0 Å². The summed E-state index contributed by atoms with van der Waals surface area (Å²) in [5.41, 5.74) is 0.794. The fraction of sp³-hybridized carbons (Fsp3) is 1.00. The third kappa shape index (κ3) is 2.39. The summed E-state index contributed by atoms with van der Waals surface area (Å²) in [7, 11) is 0. The van der Waals surface area contributed by atoms with Crippen molar-refractivity contribution in [3.05, 3.63) is 0 Å². The van der Waals surface area contributed by atoms with Crippen LogP contribution in [0.2, 0.25) is 0 Å². The highest BCUT2D eigenvalue weighted by molar-refractivity contribution is 5.85. The Labute approximate surface area is 106 Å². The highest BCUT2D eigenvalue weighted by Crippen LogP contribution is 2.52. The van der Waals surface area contributed by atoms with Crippen LogP contribution in [-0.2, 0) is 0 Å². The molecule has 94 valence electrons. The minimum Gasteiger partial charge on any atom is -0.316 e. The Morgan fingerprint density at radius 2 is 2.06 bits per heavy atom. The van der Waals surface area contributed by atoms with Gasteiger partial charge in [-0.2, -0.15) is 0 Å². The van der Waals surface area contributed by atoms with Crippen LogP contribution in [0.3, 0.4) is 0 Å². The average molecular weight is 245 g/mol. The number of nitrogens with one attached hydrogen (secondary N) is 1. The van der Waals surface area contributed by atoms with E-state index < -0.39 is 0 Å². The van der Waals surface area contributed by atoms with E-state index in [1.54, 1.807) is 0 Å². The van der Waals surface area contributed by atoms with Crippen LogP contribution in [0.15, 0.2) is 0 Å². The van der Waals surface area contributed by atoms with Gasteiger partial charge in [0.05, 0.1) is 0 Å². The predicted octanol–water partition coefficient (Wildman–Crippen LogP) is 2.28. The summed E-state index contributed by atoms with van der Waals surface area (Å²) in [6, 6.07) is 0.879. The average Bonchev–Trinajstić information content (AvgIpc) is 2.98. The number of halogens is 1. The molecule has 0 radical (unpaired) electrons. The molecule has 0 bridgehead atoms. The summed E-state index contributed by atoms with van der Waals surface area (Å²) in [6.45, 7) is 7.68. The molecule has 3 aliphatic rings. The van der Waals surface area contributed by atoms with Gasteiger partial charge in [0.15, 0.2) is 0 Å². The zero-order chi connectivity index (χ0) is 10.3. The van der Waals surface area contributed by atoms with Crippen LogP contribution in [0.25, 0.3) is 0 Å². The predicted molar refractivity (Wildman–Crippen MR) is 70.2 cm³/mol. The smallest absolute Gasteiger partial charge is 0.0145 e. The number of likely N-dealkylation sites (tertiary alicyclic amines) is 1. The minimum atomic E-state index is 0. The van der Waals surface area contributed by atoms with Crippen LogP contribution in [0, 0.1) is 11.3 Å². The van der Waals surface area contributed by atoms with Gasteiger partial charge in [0.25, 0.3) is 0 Å². The molecule has 2 saturated heterocycles. The normalized spacial score (nSPS) is 38.1. The van der Waals surface area contributed by atoms with Crippen molar-refractivity contribution in [2.75, 3.05) is 26.2 Å². The lowest BCUT2D eigenvalue weighted by atomic mass is 9.88. The van der Waals surface area contributed by atoms with E-state index in [2.05, 4.69) is 17.1 Å². The molecule has 2 atom stereocenters. The third-order valence-corrected chi connectivity index (χ3v) is 4.86. The molecular formula is C13H25ClN2. The molecule has 0 amide bonds. The largest absolute Gasteiger partial charge is 0.316 e. The molecule has 3 rings (SSSR count). The highest BCUT2D eigenvalue weighted by Gasteiger charge is 2.46. The van der Waals surface area contributed by atoms with Crippen molar-refractivity contribution in [1.82, 2.24) is 10.2 Å². The third-order valence-electron chi connectivity index (χ3n) is 4.86. The van der Waals surface area contributed by atoms with Crippen molar-refractivity contribution < 1.29 is 0 Å². The second-order valence-corrected chi connectivity index (χ2v) is 6.11.